The highest BCUT2D eigenvalue weighted by Crippen LogP contribution is 2.20. The lowest BCUT2D eigenvalue weighted by Gasteiger charge is -2.35. The number of benzene rings is 1. The van der Waals surface area contributed by atoms with Gasteiger partial charge < -0.3 is 20.0 Å². The maximum Gasteiger partial charge on any atom is 0.193 e. The van der Waals surface area contributed by atoms with Crippen LogP contribution >= 0.6 is 24.0 Å². The van der Waals surface area contributed by atoms with Crippen LogP contribution in [-0.2, 0) is 6.54 Å². The van der Waals surface area contributed by atoms with Crippen LogP contribution in [0.2, 0.25) is 0 Å². The summed E-state index contributed by atoms with van der Waals surface area (Å²) in [5.74, 6) is 2.07. The molecule has 0 saturated carbocycles. The van der Waals surface area contributed by atoms with Gasteiger partial charge >= 0.3 is 0 Å². The Bertz CT molecular complexity index is 911. The van der Waals surface area contributed by atoms with Crippen LogP contribution in [0, 0.1) is 0 Å². The third-order valence-corrected chi connectivity index (χ3v) is 6.49. The molecule has 0 radical (unpaired) electrons. The van der Waals surface area contributed by atoms with Gasteiger partial charge in [-0.3, -0.25) is 4.99 Å². The smallest absolute Gasteiger partial charge is 0.193 e. The average molecular weight is 561 g/mol. The minimum atomic E-state index is 0. The van der Waals surface area contributed by atoms with E-state index in [2.05, 4.69) is 85.5 Å². The van der Waals surface area contributed by atoms with E-state index in [0.29, 0.717) is 0 Å². The number of hydrogen-bond donors (Lipinski definition) is 1. The number of likely N-dealkylation sites (tertiary alicyclic amines) is 1. The van der Waals surface area contributed by atoms with E-state index in [0.717, 1.165) is 77.0 Å². The SMILES string of the molecule is CCN1CCN(c2cc(CNC(=NC)N3CCC(=Cc4ccccc4)CC3)ccn2)CC1.I. The Morgan fingerprint density at radius 2 is 1.76 bits per heavy atom. The number of halogens is 1. The first kappa shape index (κ1) is 25.5. The van der Waals surface area contributed by atoms with Crippen molar-refractivity contribution < 1.29 is 0 Å². The largest absolute Gasteiger partial charge is 0.354 e. The molecule has 3 heterocycles. The van der Waals surface area contributed by atoms with E-state index in [1.54, 1.807) is 0 Å². The summed E-state index contributed by atoms with van der Waals surface area (Å²) < 4.78 is 0. The molecule has 0 atom stereocenters. The molecule has 1 N–H and O–H groups in total. The zero-order valence-electron chi connectivity index (χ0n) is 19.9. The predicted molar refractivity (Wildman–Crippen MR) is 149 cm³/mol. The first-order valence-electron chi connectivity index (χ1n) is 11.9. The van der Waals surface area contributed by atoms with Crippen molar-refractivity contribution in [1.82, 2.24) is 20.1 Å². The molecule has 0 aliphatic carbocycles. The maximum absolute atomic E-state index is 4.63. The van der Waals surface area contributed by atoms with E-state index in [4.69, 9.17) is 0 Å². The molecule has 0 unspecified atom stereocenters. The Hall–Kier alpha value is -2.13. The summed E-state index contributed by atoms with van der Waals surface area (Å²) in [7, 11) is 1.88. The summed E-state index contributed by atoms with van der Waals surface area (Å²) in [6, 6.07) is 14.9. The molecular formula is C26H37IN6. The van der Waals surface area contributed by atoms with Gasteiger partial charge in [0.25, 0.3) is 0 Å². The van der Waals surface area contributed by atoms with Gasteiger partial charge in [-0.25, -0.2) is 4.98 Å². The lowest BCUT2D eigenvalue weighted by molar-refractivity contribution is 0.270. The predicted octanol–water partition coefficient (Wildman–Crippen LogP) is 4.10. The molecule has 0 bridgehead atoms. The van der Waals surface area contributed by atoms with Crippen LogP contribution in [0.15, 0.2) is 59.2 Å². The topological polar surface area (TPSA) is 47.0 Å². The van der Waals surface area contributed by atoms with Gasteiger partial charge in [-0.2, -0.15) is 0 Å². The van der Waals surface area contributed by atoms with Crippen molar-refractivity contribution in [2.75, 3.05) is 57.8 Å². The molecular weight excluding hydrogens is 523 g/mol. The molecule has 33 heavy (non-hydrogen) atoms. The van der Waals surface area contributed by atoms with Crippen molar-refractivity contribution in [2.45, 2.75) is 26.3 Å². The number of piperazine rings is 1. The number of nitrogens with one attached hydrogen (secondary N) is 1. The van der Waals surface area contributed by atoms with Gasteiger partial charge in [0.1, 0.15) is 5.82 Å². The van der Waals surface area contributed by atoms with Gasteiger partial charge in [-0.15, -0.1) is 24.0 Å². The molecule has 2 aliphatic rings. The van der Waals surface area contributed by atoms with Crippen molar-refractivity contribution in [3.05, 3.63) is 65.4 Å². The number of hydrogen-bond acceptors (Lipinski definition) is 4. The van der Waals surface area contributed by atoms with E-state index < -0.39 is 0 Å². The number of likely N-dealkylation sites (N-methyl/N-ethyl adjacent to an activating group) is 1. The second-order valence-corrected chi connectivity index (χ2v) is 8.54. The molecule has 6 nitrogen and oxygen atoms in total. The Kier molecular flexibility index (Phi) is 9.99. The van der Waals surface area contributed by atoms with Crippen molar-refractivity contribution in [3.8, 4) is 0 Å². The molecule has 2 fully saturated rings. The summed E-state index contributed by atoms with van der Waals surface area (Å²) in [4.78, 5) is 16.4. The number of aromatic nitrogens is 1. The van der Waals surface area contributed by atoms with Gasteiger partial charge in [0, 0.05) is 59.1 Å². The third-order valence-electron chi connectivity index (χ3n) is 6.49. The summed E-state index contributed by atoms with van der Waals surface area (Å²) in [5.41, 5.74) is 4.06. The van der Waals surface area contributed by atoms with E-state index in [9.17, 15) is 0 Å². The van der Waals surface area contributed by atoms with Crippen molar-refractivity contribution >= 4 is 41.8 Å². The fourth-order valence-corrected chi connectivity index (χ4v) is 4.49. The maximum atomic E-state index is 4.63. The lowest BCUT2D eigenvalue weighted by atomic mass is 10.0. The molecule has 1 aromatic heterocycles. The Morgan fingerprint density at radius 1 is 1.03 bits per heavy atom. The number of nitrogens with zero attached hydrogens (tertiary/aromatic N) is 5. The quantitative estimate of drug-likeness (QED) is 0.339. The first-order chi connectivity index (χ1) is 15.7. The molecule has 178 valence electrons. The number of guanidine groups is 1. The molecule has 4 rings (SSSR count). The van der Waals surface area contributed by atoms with Gasteiger partial charge in [0.05, 0.1) is 0 Å². The third kappa shape index (κ3) is 7.17. The van der Waals surface area contributed by atoms with Gasteiger partial charge in [-0.1, -0.05) is 48.9 Å². The van der Waals surface area contributed by atoms with Crippen LogP contribution in [0.1, 0.15) is 30.9 Å². The number of piperidine rings is 1. The molecule has 2 aliphatic heterocycles. The summed E-state index contributed by atoms with van der Waals surface area (Å²) in [5, 5.41) is 3.57. The van der Waals surface area contributed by atoms with Gasteiger partial charge in [0.15, 0.2) is 5.96 Å². The van der Waals surface area contributed by atoms with Crippen LogP contribution in [0.5, 0.6) is 0 Å². The van der Waals surface area contributed by atoms with Crippen molar-refractivity contribution in [1.29, 1.82) is 0 Å². The molecule has 1 aromatic carbocycles. The second-order valence-electron chi connectivity index (χ2n) is 8.54. The standard InChI is InChI=1S/C26H36N6.HI/c1-3-30-15-17-31(18-16-30)25-20-24(9-12-28-25)21-29-26(27-2)32-13-10-23(11-14-32)19-22-7-5-4-6-8-22;/h4-9,12,19-20H,3,10-11,13-18,21H2,1-2H3,(H,27,29);1H. The van der Waals surface area contributed by atoms with Crippen molar-refractivity contribution in [3.63, 3.8) is 0 Å². The fraction of sp³-hybridized carbons (Fsp3) is 0.462. The average Bonchev–Trinajstić information content (AvgIpc) is 2.86. The summed E-state index contributed by atoms with van der Waals surface area (Å²) in [6.07, 6.45) is 6.44. The van der Waals surface area contributed by atoms with Crippen LogP contribution in [-0.4, -0.2) is 73.6 Å². The number of aliphatic imine (C=N–C) groups is 1. The minimum absolute atomic E-state index is 0. The first-order valence-corrected chi connectivity index (χ1v) is 11.9. The highest BCUT2D eigenvalue weighted by molar-refractivity contribution is 14.0. The molecule has 7 heteroatoms. The van der Waals surface area contributed by atoms with E-state index >= 15 is 0 Å². The highest BCUT2D eigenvalue weighted by atomic mass is 127. The molecule has 2 aromatic rings. The summed E-state index contributed by atoms with van der Waals surface area (Å²) >= 11 is 0. The molecule has 0 amide bonds. The summed E-state index contributed by atoms with van der Waals surface area (Å²) in [6.45, 7) is 10.5. The number of anilines is 1. The zero-order chi connectivity index (χ0) is 22.2. The molecule has 0 spiro atoms. The highest BCUT2D eigenvalue weighted by Gasteiger charge is 2.19. The van der Waals surface area contributed by atoms with Crippen LogP contribution in [0.25, 0.3) is 6.08 Å². The second kappa shape index (κ2) is 12.9. The monoisotopic (exact) mass is 560 g/mol. The fourth-order valence-electron chi connectivity index (χ4n) is 4.49. The van der Waals surface area contributed by atoms with Crippen LogP contribution in [0.3, 0.4) is 0 Å². The normalized spacial score (nSPS) is 17.5. The van der Waals surface area contributed by atoms with E-state index in [1.165, 1.54) is 16.7 Å². The van der Waals surface area contributed by atoms with E-state index in [-0.39, 0.29) is 24.0 Å². The Labute approximate surface area is 215 Å². The Morgan fingerprint density at radius 3 is 2.42 bits per heavy atom. The van der Waals surface area contributed by atoms with Crippen molar-refractivity contribution in [2.24, 2.45) is 4.99 Å². The minimum Gasteiger partial charge on any atom is -0.354 e. The Balaban J connectivity index is 0.00000306. The zero-order valence-corrected chi connectivity index (χ0v) is 22.2. The van der Waals surface area contributed by atoms with Crippen LogP contribution < -0.4 is 10.2 Å². The lowest BCUT2D eigenvalue weighted by Crippen LogP contribution is -2.46. The van der Waals surface area contributed by atoms with Gasteiger partial charge in [0.2, 0.25) is 0 Å². The number of rotatable bonds is 5. The van der Waals surface area contributed by atoms with Gasteiger partial charge in [-0.05, 0) is 42.6 Å². The van der Waals surface area contributed by atoms with E-state index in [1.807, 2.05) is 13.2 Å². The number of pyridine rings is 1. The molecule has 2 saturated heterocycles. The van der Waals surface area contributed by atoms with Crippen LogP contribution in [0.4, 0.5) is 5.82 Å².